The van der Waals surface area contributed by atoms with Crippen LogP contribution in [0.2, 0.25) is 0 Å². The molecule has 1 unspecified atom stereocenters. The average molecular weight is 266 g/mol. The molecule has 5 heteroatoms. The fourth-order valence-electron chi connectivity index (χ4n) is 2.11. The highest BCUT2D eigenvalue weighted by Gasteiger charge is 2.16. The minimum atomic E-state index is 0.520. The molecule has 18 heavy (non-hydrogen) atoms. The minimum absolute atomic E-state index is 0.520. The maximum Gasteiger partial charge on any atom is 0.135 e. The van der Waals surface area contributed by atoms with Gasteiger partial charge in [-0.15, -0.1) is 0 Å². The Hall–Kier alpha value is -0.970. The molecule has 1 atom stereocenters. The van der Waals surface area contributed by atoms with E-state index in [4.69, 9.17) is 5.73 Å². The number of nitrogens with zero attached hydrogens (tertiary/aromatic N) is 2. The predicted molar refractivity (Wildman–Crippen MR) is 79.1 cm³/mol. The molecule has 1 aliphatic rings. The fourth-order valence-corrected chi connectivity index (χ4v) is 3.18. The number of nitrogen functional groups attached to an aromatic ring is 1. The third-order valence-electron chi connectivity index (χ3n) is 3.20. The number of aryl methyl sites for hydroxylation is 1. The maximum atomic E-state index is 5.96. The summed E-state index contributed by atoms with van der Waals surface area (Å²) in [5.41, 5.74) is 6.94. The van der Waals surface area contributed by atoms with Gasteiger partial charge in [0.25, 0.3) is 0 Å². The van der Waals surface area contributed by atoms with Gasteiger partial charge in [-0.05, 0) is 31.9 Å². The lowest BCUT2D eigenvalue weighted by Crippen LogP contribution is -2.27. The topological polar surface area (TPSA) is 63.8 Å². The molecule has 2 heterocycles. The second-order valence-electron chi connectivity index (χ2n) is 4.81. The van der Waals surface area contributed by atoms with Gasteiger partial charge in [0, 0.05) is 23.8 Å². The van der Waals surface area contributed by atoms with Crippen LogP contribution in [-0.2, 0) is 6.42 Å². The number of hydrogen-bond acceptors (Lipinski definition) is 5. The highest BCUT2D eigenvalue weighted by Crippen LogP contribution is 2.23. The minimum Gasteiger partial charge on any atom is -0.383 e. The molecule has 0 radical (unpaired) electrons. The molecule has 1 saturated heterocycles. The quantitative estimate of drug-likeness (QED) is 0.877. The molecule has 2 rings (SSSR count). The Balaban J connectivity index is 2.14. The smallest absolute Gasteiger partial charge is 0.135 e. The molecule has 1 aromatic rings. The van der Waals surface area contributed by atoms with Crippen molar-refractivity contribution in [3.63, 3.8) is 0 Å². The third kappa shape index (κ3) is 3.28. The van der Waals surface area contributed by atoms with E-state index in [1.165, 1.54) is 18.6 Å². The summed E-state index contributed by atoms with van der Waals surface area (Å²) in [6.45, 7) is 4.12. The molecule has 0 bridgehead atoms. The molecule has 1 aliphatic heterocycles. The van der Waals surface area contributed by atoms with Crippen molar-refractivity contribution >= 4 is 23.4 Å². The first-order valence-electron chi connectivity index (χ1n) is 6.68. The first-order valence-corrected chi connectivity index (χ1v) is 7.83. The van der Waals surface area contributed by atoms with Crippen molar-refractivity contribution in [3.05, 3.63) is 11.4 Å². The number of nitrogens with one attached hydrogen (secondary N) is 1. The summed E-state index contributed by atoms with van der Waals surface area (Å²) >= 11 is 2.01. The summed E-state index contributed by atoms with van der Waals surface area (Å²) < 4.78 is 0. The summed E-state index contributed by atoms with van der Waals surface area (Å²) in [7, 11) is 0. The standard InChI is InChI=1S/C13H22N4S/c1-3-5-11-16-12(14)9(2)13(17-11)15-10-6-4-7-18-8-10/h10H,3-8H2,1-2H3,(H3,14,15,16,17). The molecule has 3 N–H and O–H groups in total. The summed E-state index contributed by atoms with van der Waals surface area (Å²) in [6, 6.07) is 0.520. The second-order valence-corrected chi connectivity index (χ2v) is 5.96. The monoisotopic (exact) mass is 266 g/mol. The van der Waals surface area contributed by atoms with Gasteiger partial charge in [0.15, 0.2) is 0 Å². The van der Waals surface area contributed by atoms with Crippen molar-refractivity contribution in [3.8, 4) is 0 Å². The van der Waals surface area contributed by atoms with E-state index < -0.39 is 0 Å². The van der Waals surface area contributed by atoms with E-state index in [1.54, 1.807) is 0 Å². The molecule has 1 aromatic heterocycles. The predicted octanol–water partition coefficient (Wildman–Crippen LogP) is 2.63. The normalized spacial score (nSPS) is 19.8. The Labute approximate surface area is 113 Å². The Morgan fingerprint density at radius 1 is 1.44 bits per heavy atom. The van der Waals surface area contributed by atoms with Gasteiger partial charge in [-0.2, -0.15) is 11.8 Å². The van der Waals surface area contributed by atoms with Gasteiger partial charge in [-0.3, -0.25) is 0 Å². The lowest BCUT2D eigenvalue weighted by Gasteiger charge is -2.24. The Morgan fingerprint density at radius 2 is 2.28 bits per heavy atom. The van der Waals surface area contributed by atoms with E-state index in [0.717, 1.165) is 35.8 Å². The lowest BCUT2D eigenvalue weighted by atomic mass is 10.1. The van der Waals surface area contributed by atoms with Crippen LogP contribution in [0.3, 0.4) is 0 Å². The van der Waals surface area contributed by atoms with Gasteiger partial charge in [0.1, 0.15) is 17.5 Å². The van der Waals surface area contributed by atoms with E-state index in [0.29, 0.717) is 11.9 Å². The Bertz CT molecular complexity index is 402. The van der Waals surface area contributed by atoms with E-state index in [9.17, 15) is 0 Å². The van der Waals surface area contributed by atoms with E-state index >= 15 is 0 Å². The van der Waals surface area contributed by atoms with Gasteiger partial charge >= 0.3 is 0 Å². The number of nitrogens with two attached hydrogens (primary N) is 1. The van der Waals surface area contributed by atoms with Crippen LogP contribution in [0.15, 0.2) is 0 Å². The highest BCUT2D eigenvalue weighted by molar-refractivity contribution is 7.99. The van der Waals surface area contributed by atoms with Gasteiger partial charge in [0.05, 0.1) is 0 Å². The van der Waals surface area contributed by atoms with Crippen LogP contribution in [0.5, 0.6) is 0 Å². The third-order valence-corrected chi connectivity index (χ3v) is 4.42. The molecule has 0 aromatic carbocycles. The molecule has 1 fully saturated rings. The van der Waals surface area contributed by atoms with Crippen molar-refractivity contribution in [2.24, 2.45) is 0 Å². The van der Waals surface area contributed by atoms with E-state index in [-0.39, 0.29) is 0 Å². The Kier molecular flexibility index (Phi) is 4.69. The van der Waals surface area contributed by atoms with Gasteiger partial charge in [-0.25, -0.2) is 9.97 Å². The van der Waals surface area contributed by atoms with E-state index in [2.05, 4.69) is 22.2 Å². The second kappa shape index (κ2) is 6.27. The number of aromatic nitrogens is 2. The van der Waals surface area contributed by atoms with Gasteiger partial charge < -0.3 is 11.1 Å². The largest absolute Gasteiger partial charge is 0.383 e. The average Bonchev–Trinajstić information content (AvgIpc) is 2.37. The van der Waals surface area contributed by atoms with Crippen LogP contribution in [0.4, 0.5) is 11.6 Å². The van der Waals surface area contributed by atoms with Crippen molar-refractivity contribution in [1.29, 1.82) is 0 Å². The number of rotatable bonds is 4. The molecular formula is C13H22N4S. The van der Waals surface area contributed by atoms with Gasteiger partial charge in [-0.1, -0.05) is 6.92 Å². The number of thioether (sulfide) groups is 1. The first kappa shape index (κ1) is 13.5. The van der Waals surface area contributed by atoms with Crippen molar-refractivity contribution in [1.82, 2.24) is 9.97 Å². The van der Waals surface area contributed by atoms with E-state index in [1.807, 2.05) is 18.7 Å². The fraction of sp³-hybridized carbons (Fsp3) is 0.692. The summed E-state index contributed by atoms with van der Waals surface area (Å²) in [5, 5.41) is 3.54. The summed E-state index contributed by atoms with van der Waals surface area (Å²) in [6.07, 6.45) is 4.43. The molecule has 100 valence electrons. The van der Waals surface area contributed by atoms with Crippen LogP contribution in [-0.4, -0.2) is 27.5 Å². The van der Waals surface area contributed by atoms with Crippen LogP contribution < -0.4 is 11.1 Å². The SMILES string of the molecule is CCCc1nc(N)c(C)c(NC2CCCSC2)n1. The van der Waals surface area contributed by atoms with Crippen LogP contribution in [0, 0.1) is 6.92 Å². The molecule has 0 saturated carbocycles. The summed E-state index contributed by atoms with van der Waals surface area (Å²) in [5.74, 6) is 4.83. The first-order chi connectivity index (χ1) is 8.70. The van der Waals surface area contributed by atoms with Crippen LogP contribution in [0.25, 0.3) is 0 Å². The summed E-state index contributed by atoms with van der Waals surface area (Å²) in [4.78, 5) is 8.94. The van der Waals surface area contributed by atoms with Crippen LogP contribution >= 0.6 is 11.8 Å². The Morgan fingerprint density at radius 3 is 2.94 bits per heavy atom. The van der Waals surface area contributed by atoms with Crippen molar-refractivity contribution < 1.29 is 0 Å². The molecule has 0 aliphatic carbocycles. The maximum absolute atomic E-state index is 5.96. The number of hydrogen-bond donors (Lipinski definition) is 2. The van der Waals surface area contributed by atoms with Gasteiger partial charge in [0.2, 0.25) is 0 Å². The van der Waals surface area contributed by atoms with Crippen molar-refractivity contribution in [2.75, 3.05) is 22.6 Å². The zero-order valence-electron chi connectivity index (χ0n) is 11.2. The lowest BCUT2D eigenvalue weighted by molar-refractivity contribution is 0.679. The van der Waals surface area contributed by atoms with Crippen molar-refractivity contribution in [2.45, 2.75) is 45.6 Å². The molecule has 0 spiro atoms. The van der Waals surface area contributed by atoms with Crippen LogP contribution in [0.1, 0.15) is 37.6 Å². The number of anilines is 2. The molecule has 4 nitrogen and oxygen atoms in total. The highest BCUT2D eigenvalue weighted by atomic mass is 32.2. The molecular weight excluding hydrogens is 244 g/mol. The molecule has 0 amide bonds. The zero-order valence-corrected chi connectivity index (χ0v) is 12.0. The zero-order chi connectivity index (χ0) is 13.0.